The maximum Gasteiger partial charge on any atom is 0.130 e. The Morgan fingerprint density at radius 3 is 2.35 bits per heavy atom. The van der Waals surface area contributed by atoms with E-state index in [1.54, 1.807) is 0 Å². The van der Waals surface area contributed by atoms with Crippen molar-refractivity contribution in [3.05, 3.63) is 59.2 Å². The summed E-state index contributed by atoms with van der Waals surface area (Å²) in [6.45, 7) is 4.17. The van der Waals surface area contributed by atoms with Gasteiger partial charge in [0.15, 0.2) is 0 Å². The van der Waals surface area contributed by atoms with E-state index in [1.165, 1.54) is 5.56 Å². The third-order valence-electron chi connectivity index (χ3n) is 2.89. The van der Waals surface area contributed by atoms with Crippen molar-refractivity contribution < 1.29 is 9.84 Å². The van der Waals surface area contributed by atoms with Gasteiger partial charge in [-0.05, 0) is 48.7 Å². The van der Waals surface area contributed by atoms with Gasteiger partial charge < -0.3 is 9.84 Å². The van der Waals surface area contributed by atoms with Gasteiger partial charge in [-0.25, -0.2) is 0 Å². The number of rotatable bonds is 3. The molecule has 0 spiro atoms. The molecule has 2 nitrogen and oxygen atoms in total. The van der Waals surface area contributed by atoms with Crippen LogP contribution in [0.2, 0.25) is 0 Å². The Hall–Kier alpha value is -1.80. The van der Waals surface area contributed by atoms with E-state index >= 15 is 0 Å². The molecule has 0 fully saturated rings. The first-order chi connectivity index (χ1) is 8.20. The fraction of sp³-hybridized carbons (Fsp3) is 0.200. The van der Waals surface area contributed by atoms with Crippen molar-refractivity contribution in [1.82, 2.24) is 0 Å². The Labute approximate surface area is 101 Å². The van der Waals surface area contributed by atoms with E-state index in [4.69, 9.17) is 9.84 Å². The van der Waals surface area contributed by atoms with Gasteiger partial charge in [0, 0.05) is 0 Å². The number of aryl methyl sites for hydroxylation is 1. The van der Waals surface area contributed by atoms with Crippen LogP contribution in [0.1, 0.15) is 16.7 Å². The summed E-state index contributed by atoms with van der Waals surface area (Å²) in [4.78, 5) is 0. The summed E-state index contributed by atoms with van der Waals surface area (Å²) in [5, 5.41) is 8.96. The standard InChI is InChI=1S/C15H16O2/c1-11-4-3-5-15(12(11)2)17-14-8-6-13(10-16)7-9-14/h3-9,16H,10H2,1-2H3. The molecule has 0 aromatic heterocycles. The van der Waals surface area contributed by atoms with Gasteiger partial charge in [0.05, 0.1) is 6.61 Å². The normalized spacial score (nSPS) is 10.3. The van der Waals surface area contributed by atoms with Crippen LogP contribution in [-0.2, 0) is 6.61 Å². The van der Waals surface area contributed by atoms with E-state index in [2.05, 4.69) is 13.0 Å². The van der Waals surface area contributed by atoms with Crippen molar-refractivity contribution in [2.75, 3.05) is 0 Å². The second kappa shape index (κ2) is 5.02. The first kappa shape index (κ1) is 11.7. The number of aliphatic hydroxyl groups is 1. The number of hydrogen-bond donors (Lipinski definition) is 1. The molecule has 2 aromatic rings. The summed E-state index contributed by atoms with van der Waals surface area (Å²) >= 11 is 0. The summed E-state index contributed by atoms with van der Waals surface area (Å²) in [7, 11) is 0. The lowest BCUT2D eigenvalue weighted by Crippen LogP contribution is -1.90. The lowest BCUT2D eigenvalue weighted by molar-refractivity contribution is 0.281. The van der Waals surface area contributed by atoms with Gasteiger partial charge in [0.25, 0.3) is 0 Å². The zero-order valence-electron chi connectivity index (χ0n) is 10.1. The van der Waals surface area contributed by atoms with Gasteiger partial charge in [-0.15, -0.1) is 0 Å². The zero-order valence-corrected chi connectivity index (χ0v) is 10.1. The second-order valence-electron chi connectivity index (χ2n) is 4.10. The molecule has 0 saturated heterocycles. The van der Waals surface area contributed by atoms with Crippen molar-refractivity contribution >= 4 is 0 Å². The van der Waals surface area contributed by atoms with Gasteiger partial charge in [-0.3, -0.25) is 0 Å². The summed E-state index contributed by atoms with van der Waals surface area (Å²) in [5.74, 6) is 1.66. The van der Waals surface area contributed by atoms with Crippen LogP contribution in [0, 0.1) is 13.8 Å². The lowest BCUT2D eigenvalue weighted by atomic mass is 10.1. The Kier molecular flexibility index (Phi) is 3.45. The predicted molar refractivity (Wildman–Crippen MR) is 68.4 cm³/mol. The van der Waals surface area contributed by atoms with Crippen molar-refractivity contribution in [3.63, 3.8) is 0 Å². The van der Waals surface area contributed by atoms with Crippen molar-refractivity contribution in [2.45, 2.75) is 20.5 Å². The Bertz CT molecular complexity index is 501. The molecule has 0 atom stereocenters. The Balaban J connectivity index is 2.22. The molecule has 0 aliphatic carbocycles. The average Bonchev–Trinajstić information content (AvgIpc) is 2.36. The highest BCUT2D eigenvalue weighted by molar-refractivity contribution is 5.41. The highest BCUT2D eigenvalue weighted by Crippen LogP contribution is 2.26. The monoisotopic (exact) mass is 228 g/mol. The Morgan fingerprint density at radius 2 is 1.71 bits per heavy atom. The zero-order chi connectivity index (χ0) is 12.3. The maximum atomic E-state index is 8.96. The molecule has 0 amide bonds. The topological polar surface area (TPSA) is 29.5 Å². The van der Waals surface area contributed by atoms with Crippen molar-refractivity contribution in [2.24, 2.45) is 0 Å². The predicted octanol–water partition coefficient (Wildman–Crippen LogP) is 3.59. The van der Waals surface area contributed by atoms with Crippen LogP contribution in [0.3, 0.4) is 0 Å². The fourth-order valence-corrected chi connectivity index (χ4v) is 1.62. The molecule has 2 heteroatoms. The number of benzene rings is 2. The molecule has 88 valence electrons. The maximum absolute atomic E-state index is 8.96. The largest absolute Gasteiger partial charge is 0.457 e. The quantitative estimate of drug-likeness (QED) is 0.870. The molecular weight excluding hydrogens is 212 g/mol. The number of ether oxygens (including phenoxy) is 1. The van der Waals surface area contributed by atoms with Crippen LogP contribution in [0.25, 0.3) is 0 Å². The third kappa shape index (κ3) is 2.66. The Morgan fingerprint density at radius 1 is 1.00 bits per heavy atom. The molecule has 0 heterocycles. The van der Waals surface area contributed by atoms with Crippen LogP contribution < -0.4 is 4.74 Å². The molecule has 17 heavy (non-hydrogen) atoms. The van der Waals surface area contributed by atoms with Crippen LogP contribution in [0.4, 0.5) is 0 Å². The molecule has 1 N–H and O–H groups in total. The minimum absolute atomic E-state index is 0.0593. The van der Waals surface area contributed by atoms with Crippen LogP contribution in [-0.4, -0.2) is 5.11 Å². The second-order valence-corrected chi connectivity index (χ2v) is 4.10. The number of hydrogen-bond acceptors (Lipinski definition) is 2. The summed E-state index contributed by atoms with van der Waals surface area (Å²) < 4.78 is 5.81. The van der Waals surface area contributed by atoms with Crippen molar-refractivity contribution in [3.8, 4) is 11.5 Å². The van der Waals surface area contributed by atoms with Crippen molar-refractivity contribution in [1.29, 1.82) is 0 Å². The molecule has 0 bridgehead atoms. The highest BCUT2D eigenvalue weighted by atomic mass is 16.5. The van der Waals surface area contributed by atoms with Crippen LogP contribution in [0.5, 0.6) is 11.5 Å². The minimum Gasteiger partial charge on any atom is -0.457 e. The molecule has 0 aliphatic rings. The SMILES string of the molecule is Cc1cccc(Oc2ccc(CO)cc2)c1C. The molecule has 2 aromatic carbocycles. The van der Waals surface area contributed by atoms with E-state index in [9.17, 15) is 0 Å². The van der Waals surface area contributed by atoms with Gasteiger partial charge >= 0.3 is 0 Å². The highest BCUT2D eigenvalue weighted by Gasteiger charge is 2.03. The van der Waals surface area contributed by atoms with E-state index in [1.807, 2.05) is 43.3 Å². The van der Waals surface area contributed by atoms with E-state index in [0.717, 1.165) is 22.6 Å². The summed E-state index contributed by atoms with van der Waals surface area (Å²) in [6.07, 6.45) is 0. The molecule has 0 saturated carbocycles. The van der Waals surface area contributed by atoms with E-state index < -0.39 is 0 Å². The molecule has 0 unspecified atom stereocenters. The first-order valence-corrected chi connectivity index (χ1v) is 5.64. The lowest BCUT2D eigenvalue weighted by Gasteiger charge is -2.10. The van der Waals surface area contributed by atoms with Gasteiger partial charge in [0.2, 0.25) is 0 Å². The van der Waals surface area contributed by atoms with Crippen LogP contribution >= 0.6 is 0 Å². The minimum atomic E-state index is 0.0593. The fourth-order valence-electron chi connectivity index (χ4n) is 1.62. The first-order valence-electron chi connectivity index (χ1n) is 5.64. The van der Waals surface area contributed by atoms with E-state index in [0.29, 0.717) is 0 Å². The molecule has 0 aliphatic heterocycles. The molecule has 0 radical (unpaired) electrons. The van der Waals surface area contributed by atoms with Crippen LogP contribution in [0.15, 0.2) is 42.5 Å². The number of aliphatic hydroxyl groups excluding tert-OH is 1. The van der Waals surface area contributed by atoms with Gasteiger partial charge in [-0.1, -0.05) is 24.3 Å². The smallest absolute Gasteiger partial charge is 0.130 e. The van der Waals surface area contributed by atoms with E-state index in [-0.39, 0.29) is 6.61 Å². The summed E-state index contributed by atoms with van der Waals surface area (Å²) in [5.41, 5.74) is 3.26. The third-order valence-corrected chi connectivity index (χ3v) is 2.89. The molecular formula is C15H16O2. The molecule has 2 rings (SSSR count). The average molecular weight is 228 g/mol. The summed E-state index contributed by atoms with van der Waals surface area (Å²) in [6, 6.07) is 13.5. The van der Waals surface area contributed by atoms with Gasteiger partial charge in [-0.2, -0.15) is 0 Å². The van der Waals surface area contributed by atoms with Gasteiger partial charge in [0.1, 0.15) is 11.5 Å².